The number of unbranched alkanes of at least 4 members (excludes halogenated alkanes) is 6. The van der Waals surface area contributed by atoms with Crippen molar-refractivity contribution in [3.05, 3.63) is 29.3 Å². The van der Waals surface area contributed by atoms with Gasteiger partial charge in [0.15, 0.2) is 0 Å². The maximum absolute atomic E-state index is 13.7. The minimum Gasteiger partial charge on any atom is -0.508 e. The number of phenolic OH excluding ortho intramolecular Hbond substituents is 1. The number of halogens is 9. The van der Waals surface area contributed by atoms with E-state index in [-0.39, 0.29) is 22.7 Å². The summed E-state index contributed by atoms with van der Waals surface area (Å²) in [6, 6.07) is 5.84. The molecule has 1 aromatic carbocycles. The van der Waals surface area contributed by atoms with Crippen molar-refractivity contribution in [3.63, 3.8) is 0 Å². The third kappa shape index (κ3) is 7.15. The molecule has 3 saturated carbocycles. The molecule has 3 fully saturated rings. The molecule has 49 heavy (non-hydrogen) atoms. The van der Waals surface area contributed by atoms with Gasteiger partial charge in [0.1, 0.15) is 5.75 Å². The van der Waals surface area contributed by atoms with Crippen molar-refractivity contribution in [1.82, 2.24) is 0 Å². The molecule has 4 aliphatic carbocycles. The highest BCUT2D eigenvalue weighted by Gasteiger charge is 2.81. The number of benzene rings is 1. The first-order chi connectivity index (χ1) is 22.8. The summed E-state index contributed by atoms with van der Waals surface area (Å²) in [5.41, 5.74) is 2.90. The molecule has 5 rings (SSSR count). The summed E-state index contributed by atoms with van der Waals surface area (Å²) in [7, 11) is -1.68. The van der Waals surface area contributed by atoms with E-state index in [9.17, 15) is 53.9 Å². The van der Waals surface area contributed by atoms with Gasteiger partial charge in [0.25, 0.3) is 0 Å². The summed E-state index contributed by atoms with van der Waals surface area (Å²) < 4.78 is 129. The van der Waals surface area contributed by atoms with Gasteiger partial charge in [-0.05, 0) is 110 Å². The Kier molecular flexibility index (Phi) is 11.2. The van der Waals surface area contributed by atoms with Gasteiger partial charge in [-0.25, -0.2) is 0 Å². The predicted octanol–water partition coefficient (Wildman–Crippen LogP) is 10.3. The summed E-state index contributed by atoms with van der Waals surface area (Å²) in [6.45, 7) is 2.43. The Labute approximate surface area is 285 Å². The quantitative estimate of drug-likeness (QED) is 0.131. The lowest BCUT2D eigenvalue weighted by molar-refractivity contribution is -0.396. The zero-order chi connectivity index (χ0) is 36.0. The summed E-state index contributed by atoms with van der Waals surface area (Å²) in [4.78, 5) is 0. The Balaban J connectivity index is 1.01. The average Bonchev–Trinajstić information content (AvgIpc) is 3.80. The molecule has 1 aromatic rings. The van der Waals surface area contributed by atoms with Crippen LogP contribution in [0.4, 0.5) is 39.5 Å². The van der Waals surface area contributed by atoms with Crippen LogP contribution in [0.1, 0.15) is 120 Å². The maximum Gasteiger partial charge on any atom is 0.460 e. The Morgan fingerprint density at radius 2 is 1.45 bits per heavy atom. The molecule has 0 amide bonds. The lowest BCUT2D eigenvalue weighted by atomic mass is 9.50. The molecule has 4 unspecified atom stereocenters. The van der Waals surface area contributed by atoms with Gasteiger partial charge in [-0.3, -0.25) is 4.21 Å². The molecule has 13 heteroatoms. The Bertz CT molecular complexity index is 1330. The van der Waals surface area contributed by atoms with E-state index in [0.29, 0.717) is 35.8 Å². The Morgan fingerprint density at radius 3 is 2.08 bits per heavy atom. The molecular weight excluding hydrogens is 683 g/mol. The van der Waals surface area contributed by atoms with Crippen molar-refractivity contribution >= 4 is 10.8 Å². The van der Waals surface area contributed by atoms with Crippen molar-refractivity contribution in [2.75, 3.05) is 11.5 Å². The second kappa shape index (κ2) is 14.1. The SMILES string of the molecule is C[C@]12CCC3c4ccc(O)cc4C[C@@H](CCCCCCCCCS(=O)CCCC(F)(F)C(F)(F)C(F)(F)C(F)(F)F)C3C1C[C@@H](O)C21CC1. The summed E-state index contributed by atoms with van der Waals surface area (Å²) in [5, 5.41) is 21.4. The van der Waals surface area contributed by atoms with Crippen LogP contribution in [-0.2, 0) is 17.2 Å². The molecule has 7 atom stereocenters. The zero-order valence-electron chi connectivity index (χ0n) is 28.0. The van der Waals surface area contributed by atoms with Crippen molar-refractivity contribution in [1.29, 1.82) is 0 Å². The van der Waals surface area contributed by atoms with Crippen LogP contribution in [0.3, 0.4) is 0 Å². The smallest absolute Gasteiger partial charge is 0.460 e. The van der Waals surface area contributed by atoms with E-state index in [1.807, 2.05) is 6.07 Å². The molecule has 0 saturated heterocycles. The number of fused-ring (bicyclic) bond motifs is 6. The molecule has 3 nitrogen and oxygen atoms in total. The largest absolute Gasteiger partial charge is 0.508 e. The fourth-order valence-corrected chi connectivity index (χ4v) is 11.2. The number of aromatic hydroxyl groups is 1. The normalized spacial score (nSPS) is 30.1. The molecule has 4 aliphatic rings. The molecule has 0 aliphatic heterocycles. The van der Waals surface area contributed by atoms with E-state index in [0.717, 1.165) is 83.5 Å². The first kappa shape index (κ1) is 38.7. The van der Waals surface area contributed by atoms with Crippen molar-refractivity contribution < 1.29 is 53.9 Å². The maximum atomic E-state index is 13.7. The summed E-state index contributed by atoms with van der Waals surface area (Å²) in [6.07, 6.45) is 3.71. The summed E-state index contributed by atoms with van der Waals surface area (Å²) in [5.74, 6) is -17.2. The third-order valence-electron chi connectivity index (χ3n) is 12.8. The highest BCUT2D eigenvalue weighted by molar-refractivity contribution is 7.84. The number of alkyl halides is 9. The topological polar surface area (TPSA) is 57.5 Å². The van der Waals surface area contributed by atoms with Gasteiger partial charge < -0.3 is 10.2 Å². The highest BCUT2D eigenvalue weighted by atomic mass is 32.2. The number of rotatable bonds is 16. The Morgan fingerprint density at radius 1 is 0.837 bits per heavy atom. The van der Waals surface area contributed by atoms with Crippen molar-refractivity contribution in [2.45, 2.75) is 146 Å². The molecule has 0 heterocycles. The van der Waals surface area contributed by atoms with Gasteiger partial charge in [-0.1, -0.05) is 51.5 Å². The van der Waals surface area contributed by atoms with Crippen LogP contribution in [-0.4, -0.2) is 56.0 Å². The van der Waals surface area contributed by atoms with E-state index in [1.165, 1.54) is 11.1 Å². The minimum atomic E-state index is -6.89. The Hall–Kier alpha value is -1.50. The molecule has 0 radical (unpaired) electrons. The van der Waals surface area contributed by atoms with Crippen molar-refractivity contribution in [2.24, 2.45) is 28.6 Å². The van der Waals surface area contributed by atoms with Crippen LogP contribution in [0.25, 0.3) is 0 Å². The number of phenols is 1. The molecule has 280 valence electrons. The van der Waals surface area contributed by atoms with Gasteiger partial charge >= 0.3 is 23.9 Å². The van der Waals surface area contributed by atoms with E-state index in [1.54, 1.807) is 6.07 Å². The van der Waals surface area contributed by atoms with Gasteiger partial charge in [-0.2, -0.15) is 39.5 Å². The number of aliphatic hydroxyl groups excluding tert-OH is 1. The van der Waals surface area contributed by atoms with E-state index in [4.69, 9.17) is 0 Å². The lowest BCUT2D eigenvalue weighted by Crippen LogP contribution is -2.60. The van der Waals surface area contributed by atoms with Crippen LogP contribution < -0.4 is 0 Å². The fourth-order valence-electron chi connectivity index (χ4n) is 10.00. The van der Waals surface area contributed by atoms with E-state index in [2.05, 4.69) is 13.0 Å². The molecular formula is C36H49F9O3S. The standard InChI is InChI=1S/C36H49F9O3S/c1-31-15-13-27-26-12-11-25(46)21-24(26)20-23(30(27)28(31)22-29(47)32(31)16-17-32)10-7-5-3-2-4-6-8-18-49(48)19-9-14-33(37,38)34(39,40)35(41,42)36(43,44)45/h11-12,21,23,27-30,46-47H,2-10,13-20,22H2,1H3/t23-,27?,28?,29-,30?,31+,49?/m1/s1. The summed E-state index contributed by atoms with van der Waals surface area (Å²) >= 11 is 0. The predicted molar refractivity (Wildman–Crippen MR) is 170 cm³/mol. The fraction of sp³-hybridized carbons (Fsp3) is 0.833. The van der Waals surface area contributed by atoms with Crippen LogP contribution in [0.5, 0.6) is 5.75 Å². The highest BCUT2D eigenvalue weighted by Crippen LogP contribution is 2.76. The average molecular weight is 733 g/mol. The minimum absolute atomic E-state index is 0.0987. The van der Waals surface area contributed by atoms with Gasteiger partial charge in [0, 0.05) is 34.1 Å². The monoisotopic (exact) mass is 732 g/mol. The van der Waals surface area contributed by atoms with Crippen LogP contribution in [0, 0.1) is 28.6 Å². The van der Waals surface area contributed by atoms with Gasteiger partial charge in [0.05, 0.1) is 6.10 Å². The first-order valence-corrected chi connectivity index (χ1v) is 19.3. The first-order valence-electron chi connectivity index (χ1n) is 17.8. The molecule has 1 spiro atoms. The molecule has 2 N–H and O–H groups in total. The van der Waals surface area contributed by atoms with Gasteiger partial charge in [0.2, 0.25) is 0 Å². The van der Waals surface area contributed by atoms with Crippen LogP contribution in [0.2, 0.25) is 0 Å². The molecule has 0 aromatic heterocycles. The number of hydrogen-bond acceptors (Lipinski definition) is 3. The third-order valence-corrected chi connectivity index (χ3v) is 14.3. The van der Waals surface area contributed by atoms with E-state index >= 15 is 0 Å². The van der Waals surface area contributed by atoms with Gasteiger partial charge in [-0.15, -0.1) is 0 Å². The second-order valence-electron chi connectivity index (χ2n) is 15.6. The number of aliphatic hydroxyl groups is 1. The van der Waals surface area contributed by atoms with Crippen LogP contribution in [0.15, 0.2) is 18.2 Å². The number of hydrogen-bond donors (Lipinski definition) is 2. The second-order valence-corrected chi connectivity index (χ2v) is 17.3. The zero-order valence-corrected chi connectivity index (χ0v) is 28.8. The van der Waals surface area contributed by atoms with Crippen molar-refractivity contribution in [3.8, 4) is 5.75 Å². The lowest BCUT2D eigenvalue weighted by Gasteiger charge is -2.54. The van der Waals surface area contributed by atoms with Crippen LogP contribution >= 0.6 is 0 Å². The van der Waals surface area contributed by atoms with E-state index < -0.39 is 53.3 Å². The molecule has 0 bridgehead atoms.